The SMILES string of the molecule is C=CCC1(C)c2cc(C)ccc2N(C)C1/C=C/c1cc2c3c(c1O)CCCN3CCC2. The monoisotopic (exact) mass is 414 g/mol. The zero-order valence-corrected chi connectivity index (χ0v) is 19.1. The molecule has 0 saturated carbocycles. The van der Waals surface area contributed by atoms with Gasteiger partial charge in [-0.25, -0.2) is 0 Å². The van der Waals surface area contributed by atoms with Gasteiger partial charge >= 0.3 is 0 Å². The Hall–Kier alpha value is -2.68. The molecule has 0 saturated heterocycles. The first-order valence-electron chi connectivity index (χ1n) is 11.7. The Balaban J connectivity index is 1.55. The van der Waals surface area contributed by atoms with E-state index in [0.29, 0.717) is 5.75 Å². The fraction of sp³-hybridized carbons (Fsp3) is 0.429. The van der Waals surface area contributed by atoms with Crippen LogP contribution in [0.1, 0.15) is 54.0 Å². The lowest BCUT2D eigenvalue weighted by Gasteiger charge is -2.37. The van der Waals surface area contributed by atoms with Crippen LogP contribution in [0.25, 0.3) is 6.08 Å². The molecule has 0 spiro atoms. The first-order chi connectivity index (χ1) is 14.9. The Morgan fingerprint density at radius 2 is 1.97 bits per heavy atom. The molecule has 3 nitrogen and oxygen atoms in total. The molecule has 31 heavy (non-hydrogen) atoms. The number of nitrogens with zero attached hydrogens (tertiary/aromatic N) is 2. The third-order valence-corrected chi connectivity index (χ3v) is 7.77. The Morgan fingerprint density at radius 1 is 1.19 bits per heavy atom. The van der Waals surface area contributed by atoms with Crippen LogP contribution >= 0.6 is 0 Å². The number of hydrogen-bond donors (Lipinski definition) is 1. The number of phenols is 1. The summed E-state index contributed by atoms with van der Waals surface area (Å²) in [5, 5.41) is 11.2. The van der Waals surface area contributed by atoms with Crippen LogP contribution in [0.2, 0.25) is 0 Å². The van der Waals surface area contributed by atoms with Crippen molar-refractivity contribution in [3.05, 3.63) is 70.8 Å². The second-order valence-corrected chi connectivity index (χ2v) is 9.84. The van der Waals surface area contributed by atoms with Crippen molar-refractivity contribution in [2.45, 2.75) is 57.4 Å². The maximum Gasteiger partial charge on any atom is 0.128 e. The van der Waals surface area contributed by atoms with Gasteiger partial charge in [-0.15, -0.1) is 6.58 Å². The van der Waals surface area contributed by atoms with Crippen molar-refractivity contribution in [3.63, 3.8) is 0 Å². The van der Waals surface area contributed by atoms with Gasteiger partial charge in [0.25, 0.3) is 0 Å². The average molecular weight is 415 g/mol. The number of fused-ring (bicyclic) bond motifs is 1. The molecule has 2 atom stereocenters. The molecule has 3 heterocycles. The third-order valence-electron chi connectivity index (χ3n) is 7.77. The summed E-state index contributed by atoms with van der Waals surface area (Å²) < 4.78 is 0. The average Bonchev–Trinajstić information content (AvgIpc) is 2.96. The molecular weight excluding hydrogens is 380 g/mol. The molecule has 0 aromatic heterocycles. The van der Waals surface area contributed by atoms with Gasteiger partial charge in [-0.3, -0.25) is 0 Å². The van der Waals surface area contributed by atoms with Crippen molar-refractivity contribution in [2.24, 2.45) is 0 Å². The van der Waals surface area contributed by atoms with E-state index in [1.54, 1.807) is 0 Å². The maximum atomic E-state index is 11.2. The van der Waals surface area contributed by atoms with Crippen LogP contribution < -0.4 is 9.80 Å². The van der Waals surface area contributed by atoms with Crippen LogP contribution in [-0.2, 0) is 18.3 Å². The van der Waals surface area contributed by atoms with Crippen molar-refractivity contribution in [2.75, 3.05) is 29.9 Å². The molecule has 0 radical (unpaired) electrons. The minimum atomic E-state index is -0.0384. The van der Waals surface area contributed by atoms with Crippen LogP contribution in [0.15, 0.2) is 43.0 Å². The van der Waals surface area contributed by atoms with Gasteiger partial charge < -0.3 is 14.9 Å². The summed E-state index contributed by atoms with van der Waals surface area (Å²) in [6, 6.07) is 9.22. The molecule has 0 aliphatic carbocycles. The summed E-state index contributed by atoms with van der Waals surface area (Å²) in [5.41, 5.74) is 8.81. The van der Waals surface area contributed by atoms with Gasteiger partial charge in [-0.2, -0.15) is 0 Å². The molecule has 3 aliphatic heterocycles. The highest BCUT2D eigenvalue weighted by molar-refractivity contribution is 5.75. The molecule has 3 aliphatic rings. The summed E-state index contributed by atoms with van der Waals surface area (Å²) in [6.07, 6.45) is 11.9. The van der Waals surface area contributed by atoms with Crippen LogP contribution in [-0.4, -0.2) is 31.3 Å². The smallest absolute Gasteiger partial charge is 0.128 e. The van der Waals surface area contributed by atoms with E-state index in [2.05, 4.69) is 73.7 Å². The highest BCUT2D eigenvalue weighted by atomic mass is 16.3. The molecule has 2 aromatic carbocycles. The lowest BCUT2D eigenvalue weighted by atomic mass is 9.75. The Labute approximate surface area is 186 Å². The lowest BCUT2D eigenvalue weighted by molar-refractivity contribution is 0.447. The number of aryl methyl sites for hydroxylation is 2. The number of hydrogen-bond acceptors (Lipinski definition) is 3. The topological polar surface area (TPSA) is 26.7 Å². The summed E-state index contributed by atoms with van der Waals surface area (Å²) in [5.74, 6) is 0.487. The Morgan fingerprint density at radius 3 is 2.74 bits per heavy atom. The van der Waals surface area contributed by atoms with Gasteiger partial charge in [-0.05, 0) is 62.3 Å². The number of anilines is 2. The zero-order chi connectivity index (χ0) is 21.8. The van der Waals surface area contributed by atoms with Gasteiger partial charge in [0.15, 0.2) is 0 Å². The van der Waals surface area contributed by atoms with Crippen LogP contribution in [0, 0.1) is 6.92 Å². The van der Waals surface area contributed by atoms with Crippen LogP contribution in [0.4, 0.5) is 11.4 Å². The molecule has 3 heteroatoms. The molecule has 5 rings (SSSR count). The molecule has 1 N–H and O–H groups in total. The second-order valence-electron chi connectivity index (χ2n) is 9.84. The van der Waals surface area contributed by atoms with E-state index in [1.165, 1.54) is 34.5 Å². The van der Waals surface area contributed by atoms with Crippen molar-refractivity contribution in [3.8, 4) is 5.75 Å². The fourth-order valence-corrected chi connectivity index (χ4v) is 6.21. The largest absolute Gasteiger partial charge is 0.507 e. The Kier molecular flexibility index (Phi) is 4.88. The van der Waals surface area contributed by atoms with Crippen molar-refractivity contribution >= 4 is 17.5 Å². The summed E-state index contributed by atoms with van der Waals surface area (Å²) >= 11 is 0. The first kappa shape index (κ1) is 20.2. The summed E-state index contributed by atoms with van der Waals surface area (Å²) in [4.78, 5) is 4.87. The number of benzene rings is 2. The number of aromatic hydroxyl groups is 1. The van der Waals surface area contributed by atoms with Gasteiger partial charge in [0.2, 0.25) is 0 Å². The predicted octanol–water partition coefficient (Wildman–Crippen LogP) is 5.77. The van der Waals surface area contributed by atoms with Gasteiger partial charge in [0.1, 0.15) is 5.75 Å². The zero-order valence-electron chi connectivity index (χ0n) is 19.1. The highest BCUT2D eigenvalue weighted by Crippen LogP contribution is 2.48. The van der Waals surface area contributed by atoms with E-state index in [1.807, 2.05) is 6.08 Å². The summed E-state index contributed by atoms with van der Waals surface area (Å²) in [7, 11) is 2.19. The van der Waals surface area contributed by atoms with Crippen molar-refractivity contribution in [1.29, 1.82) is 0 Å². The van der Waals surface area contributed by atoms with E-state index in [0.717, 1.165) is 49.9 Å². The molecule has 2 aromatic rings. The highest BCUT2D eigenvalue weighted by Gasteiger charge is 2.44. The standard InChI is InChI=1S/C28H34N2O/c1-5-14-28(3)23-17-19(2)10-12-24(23)29(4)25(28)13-11-21-18-20-8-6-15-30-16-7-9-22(26(20)30)27(21)31/h5,10-13,17-18,25,31H,1,6-9,14-16H2,2-4H3/b13-11+. The minimum Gasteiger partial charge on any atom is -0.507 e. The van der Waals surface area contributed by atoms with E-state index < -0.39 is 0 Å². The second kappa shape index (κ2) is 7.47. The minimum absolute atomic E-state index is 0.0384. The molecule has 0 bridgehead atoms. The van der Waals surface area contributed by atoms with E-state index >= 15 is 0 Å². The molecule has 0 fully saturated rings. The van der Waals surface area contributed by atoms with Crippen LogP contribution in [0.5, 0.6) is 5.75 Å². The van der Waals surface area contributed by atoms with E-state index in [4.69, 9.17) is 0 Å². The van der Waals surface area contributed by atoms with Gasteiger partial charge in [-0.1, -0.05) is 42.8 Å². The predicted molar refractivity (Wildman–Crippen MR) is 132 cm³/mol. The quantitative estimate of drug-likeness (QED) is 0.644. The summed E-state index contributed by atoms with van der Waals surface area (Å²) in [6.45, 7) is 10.8. The van der Waals surface area contributed by atoms with E-state index in [9.17, 15) is 5.11 Å². The van der Waals surface area contributed by atoms with Gasteiger partial charge in [0, 0.05) is 48.1 Å². The third kappa shape index (κ3) is 3.09. The van der Waals surface area contributed by atoms with Crippen LogP contribution in [0.3, 0.4) is 0 Å². The normalized spacial score (nSPS) is 24.4. The van der Waals surface area contributed by atoms with E-state index in [-0.39, 0.29) is 11.5 Å². The number of phenolic OH excluding ortho intramolecular Hbond substituents is 1. The molecule has 0 amide bonds. The fourth-order valence-electron chi connectivity index (χ4n) is 6.21. The molecule has 162 valence electrons. The van der Waals surface area contributed by atoms with Crippen molar-refractivity contribution < 1.29 is 5.11 Å². The maximum absolute atomic E-state index is 11.2. The number of allylic oxidation sites excluding steroid dienone is 1. The number of likely N-dealkylation sites (N-methyl/N-ethyl adjacent to an activating group) is 1. The Bertz CT molecular complexity index is 1070. The lowest BCUT2D eigenvalue weighted by Crippen LogP contribution is -2.39. The first-order valence-corrected chi connectivity index (χ1v) is 11.7. The number of rotatable bonds is 4. The van der Waals surface area contributed by atoms with Gasteiger partial charge in [0.05, 0.1) is 6.04 Å². The van der Waals surface area contributed by atoms with Crippen molar-refractivity contribution in [1.82, 2.24) is 0 Å². The molecular formula is C28H34N2O. The molecule has 2 unspecified atom stereocenters.